The van der Waals surface area contributed by atoms with Crippen molar-refractivity contribution in [2.24, 2.45) is 0 Å². The fourth-order valence-corrected chi connectivity index (χ4v) is 2.21. The topological polar surface area (TPSA) is 81.7 Å². The molecular weight excluding hydrogens is 294 g/mol. The first-order valence-electron chi connectivity index (χ1n) is 7.26. The Balaban J connectivity index is 1.56. The Bertz CT molecular complexity index is 751. The number of carbonyl (C=O) groups is 1. The van der Waals surface area contributed by atoms with E-state index in [0.717, 1.165) is 11.3 Å². The minimum Gasteiger partial charge on any atom is -0.341 e. The van der Waals surface area contributed by atoms with Crippen LogP contribution in [0.15, 0.2) is 49.1 Å². The monoisotopic (exact) mass is 311 g/mol. The van der Waals surface area contributed by atoms with Gasteiger partial charge in [-0.2, -0.15) is 5.10 Å². The zero-order valence-electron chi connectivity index (χ0n) is 12.8. The minimum atomic E-state index is 0.0351. The summed E-state index contributed by atoms with van der Waals surface area (Å²) in [6.45, 7) is 0.987. The molecule has 1 amide bonds. The Kier molecular flexibility index (Phi) is 4.41. The number of rotatable bonds is 6. The lowest BCUT2D eigenvalue weighted by Crippen LogP contribution is -2.27. The third kappa shape index (κ3) is 3.79. The van der Waals surface area contributed by atoms with Crippen LogP contribution in [0.3, 0.4) is 0 Å². The molecule has 0 unspecified atom stereocenters. The van der Waals surface area contributed by atoms with Gasteiger partial charge in [-0.15, -0.1) is 5.10 Å². The standard InChI is InChI=1S/C15H17N7O/c1-20(15(23)7-8-21-12-16-18-19-21)10-13-9-17-22(11-13)14-5-3-2-4-6-14/h2-6,9,11-12H,7-8,10H2,1H3. The maximum absolute atomic E-state index is 12.1. The number of amides is 1. The molecule has 0 bridgehead atoms. The number of nitrogens with zero attached hydrogens (tertiary/aromatic N) is 7. The second kappa shape index (κ2) is 6.82. The largest absolute Gasteiger partial charge is 0.341 e. The Labute approximate surface area is 133 Å². The van der Waals surface area contributed by atoms with Crippen LogP contribution in [0.1, 0.15) is 12.0 Å². The highest BCUT2D eigenvalue weighted by atomic mass is 16.2. The lowest BCUT2D eigenvalue weighted by molar-refractivity contribution is -0.130. The van der Waals surface area contributed by atoms with Gasteiger partial charge in [0.25, 0.3) is 0 Å². The average Bonchev–Trinajstić information content (AvgIpc) is 3.25. The minimum absolute atomic E-state index is 0.0351. The summed E-state index contributed by atoms with van der Waals surface area (Å²) in [5.41, 5.74) is 1.97. The number of aromatic nitrogens is 6. The van der Waals surface area contributed by atoms with Crippen LogP contribution in [-0.4, -0.2) is 47.8 Å². The molecule has 0 aliphatic heterocycles. The first-order valence-corrected chi connectivity index (χ1v) is 7.26. The summed E-state index contributed by atoms with van der Waals surface area (Å²) in [5, 5.41) is 15.2. The van der Waals surface area contributed by atoms with Gasteiger partial charge in [0.05, 0.1) is 18.4 Å². The second-order valence-electron chi connectivity index (χ2n) is 5.20. The first-order chi connectivity index (χ1) is 11.2. The highest BCUT2D eigenvalue weighted by molar-refractivity contribution is 5.75. The number of para-hydroxylation sites is 1. The number of hydrogen-bond donors (Lipinski definition) is 0. The fourth-order valence-electron chi connectivity index (χ4n) is 2.21. The van der Waals surface area contributed by atoms with Crippen molar-refractivity contribution in [3.8, 4) is 5.69 Å². The first kappa shape index (κ1) is 14.9. The maximum atomic E-state index is 12.1. The van der Waals surface area contributed by atoms with E-state index >= 15 is 0 Å². The van der Waals surface area contributed by atoms with Crippen LogP contribution in [0.5, 0.6) is 0 Å². The van der Waals surface area contributed by atoms with Crippen LogP contribution in [0, 0.1) is 0 Å². The van der Waals surface area contributed by atoms with E-state index in [-0.39, 0.29) is 5.91 Å². The Hall–Kier alpha value is -3.03. The molecule has 0 aliphatic rings. The van der Waals surface area contributed by atoms with E-state index in [1.165, 1.54) is 6.33 Å². The molecule has 0 atom stereocenters. The number of tetrazole rings is 1. The molecule has 0 N–H and O–H groups in total. The summed E-state index contributed by atoms with van der Waals surface area (Å²) in [6, 6.07) is 9.86. The van der Waals surface area contributed by atoms with E-state index in [9.17, 15) is 4.79 Å². The van der Waals surface area contributed by atoms with Crippen LogP contribution < -0.4 is 0 Å². The van der Waals surface area contributed by atoms with Crippen LogP contribution in [0.2, 0.25) is 0 Å². The molecule has 0 radical (unpaired) electrons. The van der Waals surface area contributed by atoms with Crippen molar-refractivity contribution >= 4 is 5.91 Å². The highest BCUT2D eigenvalue weighted by Gasteiger charge is 2.11. The maximum Gasteiger partial charge on any atom is 0.224 e. The molecule has 2 aromatic heterocycles. The van der Waals surface area contributed by atoms with Crippen molar-refractivity contribution in [2.45, 2.75) is 19.5 Å². The van der Waals surface area contributed by atoms with Gasteiger partial charge in [-0.25, -0.2) is 9.36 Å². The van der Waals surface area contributed by atoms with Crippen molar-refractivity contribution in [2.75, 3.05) is 7.05 Å². The third-order valence-electron chi connectivity index (χ3n) is 3.45. The third-order valence-corrected chi connectivity index (χ3v) is 3.45. The van der Waals surface area contributed by atoms with E-state index in [2.05, 4.69) is 20.6 Å². The number of hydrogen-bond acceptors (Lipinski definition) is 5. The summed E-state index contributed by atoms with van der Waals surface area (Å²) >= 11 is 0. The quantitative estimate of drug-likeness (QED) is 0.676. The number of carbonyl (C=O) groups excluding carboxylic acids is 1. The Morgan fingerprint density at radius 1 is 1.26 bits per heavy atom. The molecule has 0 saturated carbocycles. The van der Waals surface area contributed by atoms with Gasteiger partial charge in [-0.3, -0.25) is 4.79 Å². The fraction of sp³-hybridized carbons (Fsp3) is 0.267. The molecule has 118 valence electrons. The Morgan fingerprint density at radius 2 is 2.09 bits per heavy atom. The van der Waals surface area contributed by atoms with Crippen LogP contribution in [0.25, 0.3) is 5.69 Å². The lowest BCUT2D eigenvalue weighted by atomic mass is 10.3. The lowest BCUT2D eigenvalue weighted by Gasteiger charge is -2.15. The zero-order valence-corrected chi connectivity index (χ0v) is 12.8. The van der Waals surface area contributed by atoms with Gasteiger partial charge < -0.3 is 4.90 Å². The van der Waals surface area contributed by atoms with Gasteiger partial charge in [0, 0.05) is 31.8 Å². The predicted molar refractivity (Wildman–Crippen MR) is 82.5 cm³/mol. The summed E-state index contributed by atoms with van der Waals surface area (Å²) in [6.07, 6.45) is 5.56. The van der Waals surface area contributed by atoms with Crippen molar-refractivity contribution in [3.05, 3.63) is 54.6 Å². The number of benzene rings is 1. The van der Waals surface area contributed by atoms with Crippen LogP contribution in [-0.2, 0) is 17.9 Å². The Morgan fingerprint density at radius 3 is 2.83 bits per heavy atom. The van der Waals surface area contributed by atoms with E-state index in [1.807, 2.05) is 36.5 Å². The van der Waals surface area contributed by atoms with Gasteiger partial charge in [0.15, 0.2) is 0 Å². The molecule has 0 spiro atoms. The van der Waals surface area contributed by atoms with Gasteiger partial charge in [-0.05, 0) is 22.6 Å². The van der Waals surface area contributed by atoms with E-state index < -0.39 is 0 Å². The van der Waals surface area contributed by atoms with E-state index in [0.29, 0.717) is 19.5 Å². The molecule has 3 rings (SSSR count). The second-order valence-corrected chi connectivity index (χ2v) is 5.20. The van der Waals surface area contributed by atoms with Crippen LogP contribution >= 0.6 is 0 Å². The van der Waals surface area contributed by atoms with Gasteiger partial charge in [0.1, 0.15) is 6.33 Å². The summed E-state index contributed by atoms with van der Waals surface area (Å²) in [5.74, 6) is 0.0351. The van der Waals surface area contributed by atoms with Crippen molar-refractivity contribution < 1.29 is 4.79 Å². The zero-order chi connectivity index (χ0) is 16.1. The highest BCUT2D eigenvalue weighted by Crippen LogP contribution is 2.09. The van der Waals surface area contributed by atoms with E-state index in [4.69, 9.17) is 0 Å². The molecule has 2 heterocycles. The van der Waals surface area contributed by atoms with Crippen molar-refractivity contribution in [1.29, 1.82) is 0 Å². The smallest absolute Gasteiger partial charge is 0.224 e. The molecular formula is C15H17N7O. The SMILES string of the molecule is CN(Cc1cnn(-c2ccccc2)c1)C(=O)CCn1cnnn1. The summed E-state index contributed by atoms with van der Waals surface area (Å²) in [7, 11) is 1.78. The molecule has 3 aromatic rings. The van der Waals surface area contributed by atoms with E-state index in [1.54, 1.807) is 27.5 Å². The molecule has 8 nitrogen and oxygen atoms in total. The molecule has 0 fully saturated rings. The van der Waals surface area contributed by atoms with Crippen molar-refractivity contribution in [3.63, 3.8) is 0 Å². The molecule has 8 heteroatoms. The van der Waals surface area contributed by atoms with Crippen molar-refractivity contribution in [1.82, 2.24) is 34.9 Å². The molecule has 23 heavy (non-hydrogen) atoms. The summed E-state index contributed by atoms with van der Waals surface area (Å²) < 4.78 is 3.34. The van der Waals surface area contributed by atoms with Gasteiger partial charge in [-0.1, -0.05) is 18.2 Å². The van der Waals surface area contributed by atoms with Gasteiger partial charge in [0.2, 0.25) is 5.91 Å². The summed E-state index contributed by atoms with van der Waals surface area (Å²) in [4.78, 5) is 13.8. The average molecular weight is 311 g/mol. The molecule has 0 aliphatic carbocycles. The predicted octanol–water partition coefficient (Wildman–Crippen LogP) is 0.907. The molecule has 1 aromatic carbocycles. The van der Waals surface area contributed by atoms with Crippen LogP contribution in [0.4, 0.5) is 0 Å². The van der Waals surface area contributed by atoms with Gasteiger partial charge >= 0.3 is 0 Å². The number of aryl methyl sites for hydroxylation is 1. The molecule has 0 saturated heterocycles. The normalized spacial score (nSPS) is 10.7.